The zero-order chi connectivity index (χ0) is 24.8. The van der Waals surface area contributed by atoms with Crippen molar-refractivity contribution >= 4 is 17.5 Å². The molecule has 0 radical (unpaired) electrons. The molecule has 178 valence electrons. The Morgan fingerprint density at radius 3 is 2.24 bits per heavy atom. The molecule has 0 spiro atoms. The fourth-order valence-electron chi connectivity index (χ4n) is 3.74. The number of nitrogens with one attached hydrogen (secondary N) is 1. The first-order valence-corrected chi connectivity index (χ1v) is 9.70. The van der Waals surface area contributed by atoms with Crippen molar-refractivity contribution in [3.05, 3.63) is 58.7 Å². The molecular formula is C22H20F6N2O3. The van der Waals surface area contributed by atoms with Gasteiger partial charge in [0.2, 0.25) is 0 Å². The van der Waals surface area contributed by atoms with E-state index < -0.39 is 41.0 Å². The van der Waals surface area contributed by atoms with Gasteiger partial charge in [-0.25, -0.2) is 0 Å². The van der Waals surface area contributed by atoms with Gasteiger partial charge in [-0.05, 0) is 61.7 Å². The van der Waals surface area contributed by atoms with Crippen molar-refractivity contribution in [3.8, 4) is 5.75 Å². The molecule has 5 nitrogen and oxygen atoms in total. The van der Waals surface area contributed by atoms with Gasteiger partial charge in [0.05, 0.1) is 12.7 Å². The second-order valence-corrected chi connectivity index (χ2v) is 8.23. The van der Waals surface area contributed by atoms with Crippen molar-refractivity contribution in [3.63, 3.8) is 0 Å². The predicted octanol–water partition coefficient (Wildman–Crippen LogP) is 5.19. The number of anilines is 1. The molecule has 0 aliphatic carbocycles. The quantitative estimate of drug-likeness (QED) is 0.623. The molecule has 2 aromatic rings. The van der Waals surface area contributed by atoms with E-state index in [2.05, 4.69) is 5.32 Å². The van der Waals surface area contributed by atoms with E-state index >= 15 is 0 Å². The van der Waals surface area contributed by atoms with E-state index in [4.69, 9.17) is 4.74 Å². The molecule has 0 saturated carbocycles. The van der Waals surface area contributed by atoms with Crippen LogP contribution in [0, 0.1) is 0 Å². The summed E-state index contributed by atoms with van der Waals surface area (Å²) in [4.78, 5) is 25.1. The molecule has 0 saturated heterocycles. The van der Waals surface area contributed by atoms with Gasteiger partial charge in [-0.15, -0.1) is 0 Å². The molecule has 33 heavy (non-hydrogen) atoms. The van der Waals surface area contributed by atoms with Gasteiger partial charge >= 0.3 is 18.3 Å². The van der Waals surface area contributed by atoms with E-state index in [9.17, 15) is 35.9 Å². The second kappa shape index (κ2) is 8.27. The summed E-state index contributed by atoms with van der Waals surface area (Å²) in [5.74, 6) is -3.25. The first-order valence-electron chi connectivity index (χ1n) is 9.70. The van der Waals surface area contributed by atoms with Gasteiger partial charge in [-0.3, -0.25) is 9.59 Å². The van der Waals surface area contributed by atoms with Gasteiger partial charge in [0, 0.05) is 23.3 Å². The number of nitrogens with zero attached hydrogens (tertiary/aromatic N) is 1. The van der Waals surface area contributed by atoms with E-state index in [0.29, 0.717) is 17.2 Å². The number of carbonyl (C=O) groups excluding carboxylic acids is 2. The molecule has 0 aromatic heterocycles. The molecule has 3 rings (SSSR count). The number of ether oxygens (including phenoxy) is 1. The number of fused-ring (bicyclic) bond motifs is 1. The number of amides is 2. The number of hydrogen-bond acceptors (Lipinski definition) is 3. The highest BCUT2D eigenvalue weighted by molar-refractivity contribution is 6.04. The largest absolute Gasteiger partial charge is 0.496 e. The van der Waals surface area contributed by atoms with Crippen LogP contribution in [0.15, 0.2) is 36.4 Å². The zero-order valence-corrected chi connectivity index (χ0v) is 17.8. The fraction of sp³-hybridized carbons (Fsp3) is 0.364. The van der Waals surface area contributed by atoms with E-state index in [0.717, 1.165) is 24.1 Å². The summed E-state index contributed by atoms with van der Waals surface area (Å²) in [6, 6.07) is 7.35. The van der Waals surface area contributed by atoms with Gasteiger partial charge < -0.3 is 15.0 Å². The maximum absolute atomic E-state index is 13.2. The van der Waals surface area contributed by atoms with Crippen LogP contribution in [0.1, 0.15) is 40.9 Å². The van der Waals surface area contributed by atoms with Crippen molar-refractivity contribution in [2.45, 2.75) is 44.7 Å². The molecule has 1 heterocycles. The maximum Gasteiger partial charge on any atom is 0.471 e. The Morgan fingerprint density at radius 2 is 1.67 bits per heavy atom. The highest BCUT2D eigenvalue weighted by Crippen LogP contribution is 2.37. The Kier molecular flexibility index (Phi) is 6.12. The van der Waals surface area contributed by atoms with Gasteiger partial charge in [0.1, 0.15) is 5.75 Å². The Labute approximate surface area is 185 Å². The number of methoxy groups -OCH3 is 1. The smallest absolute Gasteiger partial charge is 0.471 e. The van der Waals surface area contributed by atoms with Gasteiger partial charge in [0.25, 0.3) is 5.91 Å². The topological polar surface area (TPSA) is 58.6 Å². The normalized spacial score (nSPS) is 15.6. The molecule has 1 aliphatic heterocycles. The molecule has 0 atom stereocenters. The number of halogens is 6. The van der Waals surface area contributed by atoms with Crippen LogP contribution >= 0.6 is 0 Å². The highest BCUT2D eigenvalue weighted by atomic mass is 19.4. The average molecular weight is 474 g/mol. The number of alkyl halides is 6. The average Bonchev–Trinajstić information content (AvgIpc) is 2.70. The van der Waals surface area contributed by atoms with Gasteiger partial charge in [0.15, 0.2) is 0 Å². The summed E-state index contributed by atoms with van der Waals surface area (Å²) in [7, 11) is 1.07. The second-order valence-electron chi connectivity index (χ2n) is 8.23. The van der Waals surface area contributed by atoms with E-state index in [1.807, 2.05) is 0 Å². The summed E-state index contributed by atoms with van der Waals surface area (Å²) in [5, 5.41) is 2.45. The van der Waals surface area contributed by atoms with Crippen LogP contribution in [0.25, 0.3) is 0 Å². The van der Waals surface area contributed by atoms with Crippen molar-refractivity contribution in [2.75, 3.05) is 12.4 Å². The van der Waals surface area contributed by atoms with Crippen molar-refractivity contribution < 1.29 is 40.7 Å². The lowest BCUT2D eigenvalue weighted by Crippen LogP contribution is -2.55. The minimum Gasteiger partial charge on any atom is -0.496 e. The first kappa shape index (κ1) is 24.4. The zero-order valence-electron chi connectivity index (χ0n) is 17.8. The maximum atomic E-state index is 13.2. The summed E-state index contributed by atoms with van der Waals surface area (Å²) in [6.45, 7) is 2.72. The minimum absolute atomic E-state index is 0.159. The van der Waals surface area contributed by atoms with Crippen LogP contribution in [0.3, 0.4) is 0 Å². The van der Waals surface area contributed by atoms with Gasteiger partial charge in [-0.1, -0.05) is 6.07 Å². The molecule has 2 aromatic carbocycles. The number of carbonyl (C=O) groups is 2. The van der Waals surface area contributed by atoms with Crippen LogP contribution < -0.4 is 10.1 Å². The number of rotatable bonds is 3. The molecule has 11 heteroatoms. The Morgan fingerprint density at radius 1 is 1.00 bits per heavy atom. The number of benzene rings is 2. The third kappa shape index (κ3) is 5.07. The number of hydrogen-bond donors (Lipinski definition) is 1. The Bertz CT molecular complexity index is 1090. The fourth-order valence-corrected chi connectivity index (χ4v) is 3.74. The third-order valence-corrected chi connectivity index (χ3v) is 5.40. The summed E-state index contributed by atoms with van der Waals surface area (Å²) in [6.07, 6.45) is -9.62. The van der Waals surface area contributed by atoms with E-state index in [1.54, 1.807) is 6.07 Å². The third-order valence-electron chi connectivity index (χ3n) is 5.40. The Hall–Kier alpha value is -3.24. The molecule has 0 fully saturated rings. The standard InChI is InChI=1S/C22H20F6N2O3/c1-20(2)10-13-4-6-15(8-14(13)11-30(20)19(32)22(26,27)28)29-18(31)12-5-7-17(33-3)16(9-12)21(23,24)25/h4-9H,10-11H2,1-3H3,(H,29,31). The molecule has 2 amide bonds. The minimum atomic E-state index is -5.04. The van der Waals surface area contributed by atoms with E-state index in [1.165, 1.54) is 26.0 Å². The Balaban J connectivity index is 1.87. The summed E-state index contributed by atoms with van der Waals surface area (Å²) in [5.41, 5.74) is -1.21. The van der Waals surface area contributed by atoms with Crippen LogP contribution in [0.5, 0.6) is 5.75 Å². The monoisotopic (exact) mass is 474 g/mol. The first-order chi connectivity index (χ1) is 15.1. The van der Waals surface area contributed by atoms with Crippen LogP contribution in [-0.4, -0.2) is 35.5 Å². The summed E-state index contributed by atoms with van der Waals surface area (Å²) >= 11 is 0. The van der Waals surface area contributed by atoms with Crippen molar-refractivity contribution in [1.29, 1.82) is 0 Å². The van der Waals surface area contributed by atoms with Crippen LogP contribution in [0.2, 0.25) is 0 Å². The predicted molar refractivity (Wildman–Crippen MR) is 107 cm³/mol. The molecular weight excluding hydrogens is 454 g/mol. The SMILES string of the molecule is COc1ccc(C(=O)Nc2ccc3c(c2)CN(C(=O)C(F)(F)F)C(C)(C)C3)cc1C(F)(F)F. The van der Waals surface area contributed by atoms with Gasteiger partial charge in [-0.2, -0.15) is 26.3 Å². The lowest BCUT2D eigenvalue weighted by atomic mass is 9.85. The van der Waals surface area contributed by atoms with E-state index in [-0.39, 0.29) is 24.2 Å². The van der Waals surface area contributed by atoms with Crippen molar-refractivity contribution in [2.24, 2.45) is 0 Å². The van der Waals surface area contributed by atoms with Crippen LogP contribution in [0.4, 0.5) is 32.0 Å². The molecule has 0 bridgehead atoms. The van der Waals surface area contributed by atoms with Crippen molar-refractivity contribution in [1.82, 2.24) is 4.90 Å². The van der Waals surface area contributed by atoms with Crippen LogP contribution in [-0.2, 0) is 23.9 Å². The molecule has 0 unspecified atom stereocenters. The summed E-state index contributed by atoms with van der Waals surface area (Å²) < 4.78 is 83.4. The lowest BCUT2D eigenvalue weighted by Gasteiger charge is -2.43. The molecule has 1 aliphatic rings. The lowest BCUT2D eigenvalue weighted by molar-refractivity contribution is -0.192. The highest BCUT2D eigenvalue weighted by Gasteiger charge is 2.48. The molecule has 1 N–H and O–H groups in total.